The smallest absolute Gasteiger partial charge is 0.338 e. The molecule has 12 heteroatoms. The lowest BCUT2D eigenvalue weighted by atomic mass is 10.0. The summed E-state index contributed by atoms with van der Waals surface area (Å²) in [6.07, 6.45) is 2.90. The Morgan fingerprint density at radius 2 is 1.77 bits per heavy atom. The van der Waals surface area contributed by atoms with Gasteiger partial charge in [0.05, 0.1) is 45.3 Å². The van der Waals surface area contributed by atoms with Crippen molar-refractivity contribution in [3.8, 4) is 11.5 Å². The molecule has 0 bridgehead atoms. The van der Waals surface area contributed by atoms with Gasteiger partial charge < -0.3 is 34.0 Å². The van der Waals surface area contributed by atoms with Crippen molar-refractivity contribution in [2.24, 2.45) is 0 Å². The number of ether oxygens (including phenoxy) is 4. The number of hydrogen-bond donors (Lipinski definition) is 2. The number of nitrogens with zero attached hydrogens (tertiary/aromatic N) is 1. The van der Waals surface area contributed by atoms with Gasteiger partial charge in [-0.3, -0.25) is 19.3 Å². The van der Waals surface area contributed by atoms with Gasteiger partial charge >= 0.3 is 5.97 Å². The lowest BCUT2D eigenvalue weighted by Gasteiger charge is -2.32. The van der Waals surface area contributed by atoms with Crippen LogP contribution >= 0.6 is 0 Å². The van der Waals surface area contributed by atoms with E-state index >= 15 is 0 Å². The van der Waals surface area contributed by atoms with E-state index in [1.54, 1.807) is 43.3 Å². The maximum Gasteiger partial charge on any atom is 0.338 e. The molecule has 2 aromatic carbocycles. The number of anilines is 1. The Labute approximate surface area is 249 Å². The molecule has 0 saturated carbocycles. The first-order valence-electron chi connectivity index (χ1n) is 13.9. The summed E-state index contributed by atoms with van der Waals surface area (Å²) in [4.78, 5) is 54.0. The highest BCUT2D eigenvalue weighted by atomic mass is 16.5. The monoisotopic (exact) mass is 593 g/mol. The molecular weight excluding hydrogens is 558 g/mol. The van der Waals surface area contributed by atoms with Crippen LogP contribution in [0, 0.1) is 0 Å². The SMILES string of the molecule is CCOC(=O)c1ccc(N(C(=O)CNC(=O)c2ccco2)[C@H](C(=O)NC[C@H]2CCCO2)c2ccc(OC)c(OC)c2)cc1. The van der Waals surface area contributed by atoms with E-state index in [1.807, 2.05) is 0 Å². The number of hydrogen-bond acceptors (Lipinski definition) is 9. The van der Waals surface area contributed by atoms with Gasteiger partial charge in [0.1, 0.15) is 6.04 Å². The van der Waals surface area contributed by atoms with Crippen molar-refractivity contribution in [2.45, 2.75) is 31.9 Å². The van der Waals surface area contributed by atoms with Gasteiger partial charge in [-0.1, -0.05) is 6.07 Å². The number of furan rings is 1. The van der Waals surface area contributed by atoms with Crippen molar-refractivity contribution in [2.75, 3.05) is 45.4 Å². The molecule has 3 aromatic rings. The minimum absolute atomic E-state index is 0.0314. The zero-order valence-corrected chi connectivity index (χ0v) is 24.3. The molecule has 0 aliphatic carbocycles. The van der Waals surface area contributed by atoms with Crippen molar-refractivity contribution in [3.05, 3.63) is 77.7 Å². The van der Waals surface area contributed by atoms with Crippen molar-refractivity contribution >= 4 is 29.4 Å². The van der Waals surface area contributed by atoms with Gasteiger partial charge in [-0.25, -0.2) is 4.79 Å². The van der Waals surface area contributed by atoms with E-state index in [-0.39, 0.29) is 30.6 Å². The third-order valence-corrected chi connectivity index (χ3v) is 6.83. The summed E-state index contributed by atoms with van der Waals surface area (Å²) in [7, 11) is 2.96. The van der Waals surface area contributed by atoms with Crippen molar-refractivity contribution in [3.63, 3.8) is 0 Å². The van der Waals surface area contributed by atoms with Gasteiger partial charge in [-0.2, -0.15) is 0 Å². The van der Waals surface area contributed by atoms with Crippen LogP contribution in [-0.4, -0.2) is 70.3 Å². The highest BCUT2D eigenvalue weighted by molar-refractivity contribution is 6.04. The Morgan fingerprint density at radius 3 is 2.40 bits per heavy atom. The number of carbonyl (C=O) groups excluding carboxylic acids is 4. The van der Waals surface area contributed by atoms with Crippen LogP contribution in [0.3, 0.4) is 0 Å². The fourth-order valence-electron chi connectivity index (χ4n) is 4.70. The fraction of sp³-hybridized carbons (Fsp3) is 0.355. The summed E-state index contributed by atoms with van der Waals surface area (Å²) < 4.78 is 26.7. The maximum atomic E-state index is 13.9. The number of rotatable bonds is 13. The number of amides is 3. The van der Waals surface area contributed by atoms with E-state index in [2.05, 4.69) is 10.6 Å². The van der Waals surface area contributed by atoms with Crippen LogP contribution in [0.5, 0.6) is 11.5 Å². The second kappa shape index (κ2) is 14.9. The van der Waals surface area contributed by atoms with Crippen molar-refractivity contribution in [1.82, 2.24) is 10.6 Å². The summed E-state index contributed by atoms with van der Waals surface area (Å²) in [6.45, 7) is 2.32. The second-order valence-electron chi connectivity index (χ2n) is 9.59. The molecule has 1 fully saturated rings. The lowest BCUT2D eigenvalue weighted by Crippen LogP contribution is -2.48. The maximum absolute atomic E-state index is 13.9. The number of methoxy groups -OCH3 is 2. The molecular formula is C31H35N3O9. The molecule has 4 rings (SSSR count). The van der Waals surface area contributed by atoms with Crippen LogP contribution < -0.4 is 25.0 Å². The van der Waals surface area contributed by atoms with E-state index in [9.17, 15) is 19.2 Å². The Hall–Kier alpha value is -4.84. The Bertz CT molecular complexity index is 1400. The summed E-state index contributed by atoms with van der Waals surface area (Å²) in [5.74, 6) is -1.38. The number of esters is 1. The summed E-state index contributed by atoms with van der Waals surface area (Å²) in [5, 5.41) is 5.47. The van der Waals surface area contributed by atoms with Gasteiger partial charge in [-0.05, 0) is 73.9 Å². The normalized spacial score (nSPS) is 14.8. The standard InChI is InChI=1S/C31H35N3O9/c1-4-41-31(38)20-9-12-22(13-10-20)34(27(35)19-33-29(36)25-8-6-16-43-25)28(30(37)32-18-23-7-5-15-42-23)21-11-14-24(39-2)26(17-21)40-3/h6,8-14,16-17,23,28H,4-5,7,15,18-19H2,1-3H3,(H,32,37)(H,33,36)/t23-,28+/m1/s1. The third kappa shape index (κ3) is 7.72. The molecule has 228 valence electrons. The fourth-order valence-corrected chi connectivity index (χ4v) is 4.70. The van der Waals surface area contributed by atoms with E-state index < -0.39 is 36.3 Å². The molecule has 1 aliphatic heterocycles. The molecule has 2 heterocycles. The zero-order chi connectivity index (χ0) is 30.8. The first-order valence-corrected chi connectivity index (χ1v) is 13.9. The van der Waals surface area contributed by atoms with Crippen molar-refractivity contribution < 1.29 is 42.5 Å². The van der Waals surface area contributed by atoms with Crippen LogP contribution in [0.25, 0.3) is 0 Å². The number of benzene rings is 2. The van der Waals surface area contributed by atoms with E-state index in [1.165, 1.54) is 43.6 Å². The van der Waals surface area contributed by atoms with Crippen LogP contribution in [-0.2, 0) is 19.1 Å². The molecule has 0 spiro atoms. The average Bonchev–Trinajstić information content (AvgIpc) is 3.76. The second-order valence-corrected chi connectivity index (χ2v) is 9.59. The lowest BCUT2D eigenvalue weighted by molar-refractivity contribution is -0.126. The largest absolute Gasteiger partial charge is 0.493 e. The minimum Gasteiger partial charge on any atom is -0.493 e. The summed E-state index contributed by atoms with van der Waals surface area (Å²) >= 11 is 0. The Morgan fingerprint density at radius 1 is 1.00 bits per heavy atom. The molecule has 12 nitrogen and oxygen atoms in total. The number of nitrogens with one attached hydrogen (secondary N) is 2. The molecule has 2 atom stereocenters. The molecule has 0 radical (unpaired) electrons. The number of carbonyl (C=O) groups is 4. The van der Waals surface area contributed by atoms with Crippen LogP contribution in [0.4, 0.5) is 5.69 Å². The van der Waals surface area contributed by atoms with E-state index in [0.717, 1.165) is 12.8 Å². The summed E-state index contributed by atoms with van der Waals surface area (Å²) in [5.41, 5.74) is 0.995. The van der Waals surface area contributed by atoms with Gasteiger partial charge in [0.25, 0.3) is 5.91 Å². The Balaban J connectivity index is 1.73. The van der Waals surface area contributed by atoms with E-state index in [4.69, 9.17) is 23.4 Å². The van der Waals surface area contributed by atoms with Crippen LogP contribution in [0.15, 0.2) is 65.3 Å². The van der Waals surface area contributed by atoms with Crippen molar-refractivity contribution in [1.29, 1.82) is 0 Å². The van der Waals surface area contributed by atoms with Gasteiger partial charge in [-0.15, -0.1) is 0 Å². The topological polar surface area (TPSA) is 146 Å². The van der Waals surface area contributed by atoms with Gasteiger partial charge in [0.15, 0.2) is 17.3 Å². The Kier molecular flexibility index (Phi) is 10.8. The highest BCUT2D eigenvalue weighted by Gasteiger charge is 2.34. The molecule has 43 heavy (non-hydrogen) atoms. The molecule has 3 amide bonds. The molecule has 0 unspecified atom stereocenters. The van der Waals surface area contributed by atoms with Gasteiger partial charge in [0.2, 0.25) is 11.8 Å². The first kappa shape index (κ1) is 31.1. The molecule has 1 aliphatic rings. The van der Waals surface area contributed by atoms with E-state index in [0.29, 0.717) is 29.4 Å². The minimum atomic E-state index is -1.21. The van der Waals surface area contributed by atoms with Crippen LogP contribution in [0.1, 0.15) is 52.3 Å². The first-order chi connectivity index (χ1) is 20.9. The van der Waals surface area contributed by atoms with Crippen LogP contribution in [0.2, 0.25) is 0 Å². The predicted molar refractivity (Wildman–Crippen MR) is 155 cm³/mol. The van der Waals surface area contributed by atoms with Gasteiger partial charge in [0, 0.05) is 18.8 Å². The predicted octanol–water partition coefficient (Wildman–Crippen LogP) is 3.27. The third-order valence-electron chi connectivity index (χ3n) is 6.83. The molecule has 1 aromatic heterocycles. The zero-order valence-electron chi connectivity index (χ0n) is 24.3. The summed E-state index contributed by atoms with van der Waals surface area (Å²) in [6, 6.07) is 12.8. The molecule has 2 N–H and O–H groups in total. The molecule has 1 saturated heterocycles. The average molecular weight is 594 g/mol. The quantitative estimate of drug-likeness (QED) is 0.285. The highest BCUT2D eigenvalue weighted by Crippen LogP contribution is 2.34.